The average Bonchev–Trinajstić information content (AvgIpc) is 1.89. The van der Waals surface area contributed by atoms with Crippen molar-refractivity contribution in [2.45, 2.75) is 6.92 Å². The van der Waals surface area contributed by atoms with E-state index in [9.17, 15) is 4.79 Å². The molecule has 0 unspecified atom stereocenters. The van der Waals surface area contributed by atoms with Crippen molar-refractivity contribution in [3.63, 3.8) is 0 Å². The van der Waals surface area contributed by atoms with Gasteiger partial charge in [-0.2, -0.15) is 0 Å². The maximum Gasteiger partial charge on any atom is 0.293 e. The van der Waals surface area contributed by atoms with Gasteiger partial charge in [-0.3, -0.25) is 4.79 Å². The number of ether oxygens (including phenoxy) is 1. The van der Waals surface area contributed by atoms with E-state index in [4.69, 9.17) is 0 Å². The highest BCUT2D eigenvalue weighted by Gasteiger charge is 1.82. The van der Waals surface area contributed by atoms with E-state index in [1.54, 1.807) is 0 Å². The lowest BCUT2D eigenvalue weighted by molar-refractivity contribution is -0.127. The first-order chi connectivity index (χ1) is 4.31. The first-order valence-electron chi connectivity index (χ1n) is 2.58. The fourth-order valence-electron chi connectivity index (χ4n) is 0.284. The van der Waals surface area contributed by atoms with E-state index in [2.05, 4.69) is 20.7 Å². The predicted molar refractivity (Wildman–Crippen MR) is 39.6 cm³/mol. The molecule has 0 bridgehead atoms. The molecule has 0 radical (unpaired) electrons. The molecule has 0 saturated carbocycles. The van der Waals surface area contributed by atoms with Gasteiger partial charge < -0.3 is 4.74 Å². The van der Waals surface area contributed by atoms with Crippen LogP contribution in [0.1, 0.15) is 6.92 Å². The van der Waals surface area contributed by atoms with E-state index in [0.717, 1.165) is 10.9 Å². The molecule has 9 heavy (non-hydrogen) atoms. The second-order valence-electron chi connectivity index (χ2n) is 1.61. The highest BCUT2D eigenvalue weighted by molar-refractivity contribution is 9.09. The van der Waals surface area contributed by atoms with E-state index < -0.39 is 0 Å². The third kappa shape index (κ3) is 5.56. The van der Waals surface area contributed by atoms with Crippen molar-refractivity contribution in [3.8, 4) is 0 Å². The van der Waals surface area contributed by atoms with Gasteiger partial charge in [0.05, 0.1) is 0 Å². The van der Waals surface area contributed by atoms with Crippen LogP contribution >= 0.6 is 15.9 Å². The van der Waals surface area contributed by atoms with Crippen molar-refractivity contribution in [1.82, 2.24) is 0 Å². The lowest BCUT2D eigenvalue weighted by atomic mass is 10.3. The summed E-state index contributed by atoms with van der Waals surface area (Å²) < 4.78 is 4.43. The first kappa shape index (κ1) is 8.69. The van der Waals surface area contributed by atoms with Crippen molar-refractivity contribution in [1.29, 1.82) is 0 Å². The Labute approximate surface area is 63.0 Å². The topological polar surface area (TPSA) is 26.3 Å². The third-order valence-corrected chi connectivity index (χ3v) is 1.69. The van der Waals surface area contributed by atoms with Gasteiger partial charge in [-0.05, 0) is 13.0 Å². The van der Waals surface area contributed by atoms with E-state index in [1.807, 2.05) is 13.0 Å². The van der Waals surface area contributed by atoms with E-state index in [1.165, 1.54) is 0 Å². The second-order valence-corrected chi connectivity index (χ2v) is 2.17. The zero-order valence-corrected chi connectivity index (χ0v) is 6.85. The lowest BCUT2D eigenvalue weighted by Gasteiger charge is -1.92. The molecule has 0 aliphatic carbocycles. The average molecular weight is 193 g/mol. The summed E-state index contributed by atoms with van der Waals surface area (Å²) in [5.41, 5.74) is 1.16. The number of hydrogen-bond donors (Lipinski definition) is 0. The van der Waals surface area contributed by atoms with Crippen LogP contribution in [0.3, 0.4) is 0 Å². The van der Waals surface area contributed by atoms with Gasteiger partial charge in [0.25, 0.3) is 6.47 Å². The van der Waals surface area contributed by atoms with Crippen LogP contribution in [0.25, 0.3) is 0 Å². The van der Waals surface area contributed by atoms with Crippen LogP contribution in [0.4, 0.5) is 0 Å². The Kier molecular flexibility index (Phi) is 5.62. The molecule has 0 aromatic heterocycles. The summed E-state index contributed by atoms with van der Waals surface area (Å²) in [5, 5.41) is 0.829. The van der Waals surface area contributed by atoms with Gasteiger partial charge in [-0.1, -0.05) is 21.5 Å². The summed E-state index contributed by atoms with van der Waals surface area (Å²) >= 11 is 3.25. The predicted octanol–water partition coefficient (Wildman–Crippen LogP) is 1.50. The molecule has 0 saturated heterocycles. The molecule has 0 rings (SSSR count). The number of halogens is 1. The van der Waals surface area contributed by atoms with Crippen LogP contribution in [0, 0.1) is 0 Å². The van der Waals surface area contributed by atoms with Gasteiger partial charge in [0.2, 0.25) is 0 Å². The summed E-state index contributed by atoms with van der Waals surface area (Å²) in [6, 6.07) is 0. The van der Waals surface area contributed by atoms with Gasteiger partial charge >= 0.3 is 0 Å². The number of allylic oxidation sites excluding steroid dienone is 1. The fourth-order valence-corrected chi connectivity index (χ4v) is 0.513. The summed E-state index contributed by atoms with van der Waals surface area (Å²) in [7, 11) is 0. The summed E-state index contributed by atoms with van der Waals surface area (Å²) in [6.07, 6.45) is 1.85. The lowest BCUT2D eigenvalue weighted by Crippen LogP contribution is -1.88. The molecule has 0 aliphatic rings. The minimum atomic E-state index is 0.376. The molecule has 0 aromatic rings. The molecular weight excluding hydrogens is 184 g/mol. The summed E-state index contributed by atoms with van der Waals surface area (Å²) in [6.45, 7) is 2.78. The van der Waals surface area contributed by atoms with Crippen molar-refractivity contribution in [2.24, 2.45) is 0 Å². The van der Waals surface area contributed by atoms with Gasteiger partial charge in [0, 0.05) is 5.33 Å². The number of hydrogen-bond acceptors (Lipinski definition) is 2. The highest BCUT2D eigenvalue weighted by atomic mass is 79.9. The van der Waals surface area contributed by atoms with Gasteiger partial charge in [-0.15, -0.1) is 0 Å². The molecule has 3 heteroatoms. The molecule has 0 fully saturated rings. The number of rotatable bonds is 4. The van der Waals surface area contributed by atoms with Gasteiger partial charge in [-0.25, -0.2) is 0 Å². The molecule has 0 atom stereocenters. The Balaban J connectivity index is 3.31. The van der Waals surface area contributed by atoms with Gasteiger partial charge in [0.15, 0.2) is 0 Å². The number of alkyl halides is 1. The molecule has 52 valence electrons. The zero-order chi connectivity index (χ0) is 7.11. The van der Waals surface area contributed by atoms with Crippen molar-refractivity contribution < 1.29 is 9.53 Å². The Hall–Kier alpha value is -0.310. The first-order valence-corrected chi connectivity index (χ1v) is 3.70. The van der Waals surface area contributed by atoms with Crippen LogP contribution in [-0.2, 0) is 9.53 Å². The maximum absolute atomic E-state index is 9.61. The van der Waals surface area contributed by atoms with Crippen LogP contribution in [0.15, 0.2) is 11.6 Å². The molecule has 0 N–H and O–H groups in total. The SMILES string of the molecule is C/C(=C\COC=O)CBr. The minimum absolute atomic E-state index is 0.376. The Morgan fingerprint density at radius 3 is 2.89 bits per heavy atom. The van der Waals surface area contributed by atoms with Crippen molar-refractivity contribution in [3.05, 3.63) is 11.6 Å². The standard InChI is InChI=1S/C6H9BrO2/c1-6(4-7)2-3-9-5-8/h2,5H,3-4H2,1H3/b6-2+. The molecule has 0 aromatic carbocycles. The smallest absolute Gasteiger partial charge is 0.293 e. The van der Waals surface area contributed by atoms with Crippen LogP contribution in [0.2, 0.25) is 0 Å². The quantitative estimate of drug-likeness (QED) is 0.292. The molecule has 0 spiro atoms. The van der Waals surface area contributed by atoms with Crippen molar-refractivity contribution >= 4 is 22.4 Å². The molecule has 0 aliphatic heterocycles. The highest BCUT2D eigenvalue weighted by Crippen LogP contribution is 1.96. The molecule has 0 amide bonds. The van der Waals surface area contributed by atoms with Gasteiger partial charge in [0.1, 0.15) is 6.61 Å². The Bertz CT molecular complexity index is 110. The van der Waals surface area contributed by atoms with Crippen LogP contribution < -0.4 is 0 Å². The fraction of sp³-hybridized carbons (Fsp3) is 0.500. The largest absolute Gasteiger partial charge is 0.464 e. The summed E-state index contributed by atoms with van der Waals surface area (Å²) in [4.78, 5) is 9.61. The monoisotopic (exact) mass is 192 g/mol. The van der Waals surface area contributed by atoms with E-state index >= 15 is 0 Å². The minimum Gasteiger partial charge on any atom is -0.464 e. The Morgan fingerprint density at radius 1 is 1.78 bits per heavy atom. The van der Waals surface area contributed by atoms with E-state index in [-0.39, 0.29) is 0 Å². The number of carbonyl (C=O) groups is 1. The number of carbonyl (C=O) groups excluding carboxylic acids is 1. The third-order valence-electron chi connectivity index (χ3n) is 0.807. The summed E-state index contributed by atoms with van der Waals surface area (Å²) in [5.74, 6) is 0. The molecule has 2 nitrogen and oxygen atoms in total. The zero-order valence-electron chi connectivity index (χ0n) is 5.26. The maximum atomic E-state index is 9.61. The van der Waals surface area contributed by atoms with E-state index in [0.29, 0.717) is 13.1 Å². The van der Waals surface area contributed by atoms with Crippen LogP contribution in [0.5, 0.6) is 0 Å². The molecular formula is C6H9BrO2. The molecule has 0 heterocycles. The Morgan fingerprint density at radius 2 is 2.44 bits per heavy atom. The van der Waals surface area contributed by atoms with Crippen LogP contribution in [-0.4, -0.2) is 18.4 Å². The normalized spacial score (nSPS) is 11.1. The van der Waals surface area contributed by atoms with Crippen molar-refractivity contribution in [2.75, 3.05) is 11.9 Å². The second kappa shape index (κ2) is 5.82.